The van der Waals surface area contributed by atoms with Crippen LogP contribution < -0.4 is 4.74 Å². The van der Waals surface area contributed by atoms with Crippen molar-refractivity contribution in [2.45, 2.75) is 26.2 Å². The molecule has 1 aromatic rings. The fourth-order valence-corrected chi connectivity index (χ4v) is 1.09. The topological polar surface area (TPSA) is 47.4 Å². The van der Waals surface area contributed by atoms with Crippen LogP contribution in [0.4, 0.5) is 4.79 Å². The second kappa shape index (κ2) is 4.15. The van der Waals surface area contributed by atoms with Crippen LogP contribution in [0.2, 0.25) is 0 Å². The molecule has 90 valence electrons. The Hall–Kier alpha value is -1.52. The van der Waals surface area contributed by atoms with Gasteiger partial charge in [-0.05, 0) is 0 Å². The van der Waals surface area contributed by atoms with E-state index >= 15 is 0 Å². The summed E-state index contributed by atoms with van der Waals surface area (Å²) in [5.74, 6) is 0.462. The molecule has 0 aliphatic carbocycles. The number of carbonyl (C=O) groups is 1. The third-order valence-electron chi connectivity index (χ3n) is 2.16. The van der Waals surface area contributed by atoms with E-state index in [1.54, 1.807) is 31.9 Å². The monoisotopic (exact) mass is 225 g/mol. The minimum atomic E-state index is -0.400. The first-order valence-electron chi connectivity index (χ1n) is 5.15. The Morgan fingerprint density at radius 3 is 2.38 bits per heavy atom. The molecule has 0 bridgehead atoms. The number of aromatic nitrogens is 2. The Bertz CT molecular complexity index is 388. The average molecular weight is 225 g/mol. The predicted octanol–water partition coefficient (Wildman–Crippen LogP) is 1.78. The van der Waals surface area contributed by atoms with E-state index in [-0.39, 0.29) is 5.41 Å². The Labute approximate surface area is 96.0 Å². The van der Waals surface area contributed by atoms with Crippen molar-refractivity contribution in [3.05, 3.63) is 11.8 Å². The van der Waals surface area contributed by atoms with E-state index in [0.717, 1.165) is 5.69 Å². The molecule has 1 amide bonds. The third-order valence-corrected chi connectivity index (χ3v) is 2.16. The van der Waals surface area contributed by atoms with E-state index in [0.29, 0.717) is 5.88 Å². The Morgan fingerprint density at radius 1 is 1.44 bits per heavy atom. The third kappa shape index (κ3) is 2.74. The van der Waals surface area contributed by atoms with Crippen LogP contribution in [0, 0.1) is 0 Å². The van der Waals surface area contributed by atoms with E-state index in [1.807, 2.05) is 0 Å². The molecule has 0 aromatic carbocycles. The van der Waals surface area contributed by atoms with Gasteiger partial charge in [0.25, 0.3) is 0 Å². The SMILES string of the molecule is CN(C)C(=O)Oc1cc(C(C)(C)C)nn1C. The van der Waals surface area contributed by atoms with E-state index in [4.69, 9.17) is 4.74 Å². The van der Waals surface area contributed by atoms with Gasteiger partial charge in [0.2, 0.25) is 5.88 Å². The molecule has 0 atom stereocenters. The molecule has 1 aromatic heterocycles. The maximum Gasteiger partial charge on any atom is 0.416 e. The van der Waals surface area contributed by atoms with E-state index in [1.165, 1.54) is 4.90 Å². The highest BCUT2D eigenvalue weighted by molar-refractivity contribution is 5.69. The van der Waals surface area contributed by atoms with Crippen molar-refractivity contribution >= 4 is 6.09 Å². The number of ether oxygens (including phenoxy) is 1. The molecular weight excluding hydrogens is 206 g/mol. The van der Waals surface area contributed by atoms with Gasteiger partial charge in [-0.25, -0.2) is 9.48 Å². The number of aryl methyl sites for hydroxylation is 1. The molecule has 5 heteroatoms. The Balaban J connectivity index is 2.91. The molecule has 0 spiro atoms. The lowest BCUT2D eigenvalue weighted by Crippen LogP contribution is -2.26. The lowest BCUT2D eigenvalue weighted by atomic mass is 9.93. The van der Waals surface area contributed by atoms with Crippen molar-refractivity contribution in [2.75, 3.05) is 14.1 Å². The summed E-state index contributed by atoms with van der Waals surface area (Å²) in [6.07, 6.45) is -0.400. The summed E-state index contributed by atoms with van der Waals surface area (Å²) in [6, 6.07) is 1.79. The maximum atomic E-state index is 11.4. The van der Waals surface area contributed by atoms with Crippen LogP contribution in [0.25, 0.3) is 0 Å². The Kier molecular flexibility index (Phi) is 3.26. The molecule has 5 nitrogen and oxygen atoms in total. The highest BCUT2D eigenvalue weighted by Crippen LogP contribution is 2.24. The first-order valence-corrected chi connectivity index (χ1v) is 5.15. The highest BCUT2D eigenvalue weighted by Gasteiger charge is 2.20. The summed E-state index contributed by atoms with van der Waals surface area (Å²) < 4.78 is 6.74. The first kappa shape index (κ1) is 12.5. The largest absolute Gasteiger partial charge is 0.416 e. The first-order chi connectivity index (χ1) is 7.21. The van der Waals surface area contributed by atoms with Gasteiger partial charge in [-0.15, -0.1) is 0 Å². The summed E-state index contributed by atoms with van der Waals surface area (Å²) in [5.41, 5.74) is 0.845. The van der Waals surface area contributed by atoms with Gasteiger partial charge in [-0.3, -0.25) is 0 Å². The van der Waals surface area contributed by atoms with Crippen LogP contribution in [0.3, 0.4) is 0 Å². The van der Waals surface area contributed by atoms with E-state index < -0.39 is 6.09 Å². The number of nitrogens with zero attached hydrogens (tertiary/aromatic N) is 3. The Morgan fingerprint density at radius 2 is 2.00 bits per heavy atom. The number of hydrogen-bond acceptors (Lipinski definition) is 3. The van der Waals surface area contributed by atoms with Gasteiger partial charge in [0.15, 0.2) is 0 Å². The molecule has 0 saturated carbocycles. The molecule has 16 heavy (non-hydrogen) atoms. The minimum absolute atomic E-state index is 0.0550. The highest BCUT2D eigenvalue weighted by atomic mass is 16.6. The van der Waals surface area contributed by atoms with Gasteiger partial charge in [-0.1, -0.05) is 20.8 Å². The normalized spacial score (nSPS) is 11.4. The molecule has 0 unspecified atom stereocenters. The summed E-state index contributed by atoms with van der Waals surface area (Å²) in [6.45, 7) is 6.19. The molecule has 1 heterocycles. The van der Waals surface area contributed by atoms with Gasteiger partial charge >= 0.3 is 6.09 Å². The van der Waals surface area contributed by atoms with Crippen molar-refractivity contribution in [2.24, 2.45) is 7.05 Å². The molecule has 0 N–H and O–H groups in total. The van der Waals surface area contributed by atoms with Crippen LogP contribution in [-0.4, -0.2) is 34.9 Å². The zero-order chi connectivity index (χ0) is 12.5. The molecule has 0 aliphatic heterocycles. The van der Waals surface area contributed by atoms with Gasteiger partial charge in [0.05, 0.1) is 5.69 Å². The lowest BCUT2D eigenvalue weighted by molar-refractivity contribution is 0.168. The van der Waals surface area contributed by atoms with Gasteiger partial charge in [0.1, 0.15) is 0 Å². The zero-order valence-corrected chi connectivity index (χ0v) is 10.7. The van der Waals surface area contributed by atoms with Crippen LogP contribution in [0.15, 0.2) is 6.07 Å². The van der Waals surface area contributed by atoms with Gasteiger partial charge in [0, 0.05) is 32.6 Å². The minimum Gasteiger partial charge on any atom is -0.391 e. The van der Waals surface area contributed by atoms with Crippen molar-refractivity contribution in [3.63, 3.8) is 0 Å². The number of rotatable bonds is 1. The number of amides is 1. The van der Waals surface area contributed by atoms with Crippen molar-refractivity contribution in [1.29, 1.82) is 0 Å². The standard InChI is InChI=1S/C11H19N3O2/c1-11(2,3)8-7-9(14(6)12-8)16-10(15)13(4)5/h7H,1-6H3. The van der Waals surface area contributed by atoms with Crippen molar-refractivity contribution < 1.29 is 9.53 Å². The van der Waals surface area contributed by atoms with Crippen LogP contribution in [-0.2, 0) is 12.5 Å². The number of carbonyl (C=O) groups excluding carboxylic acids is 1. The van der Waals surface area contributed by atoms with Crippen LogP contribution in [0.1, 0.15) is 26.5 Å². The van der Waals surface area contributed by atoms with Crippen LogP contribution in [0.5, 0.6) is 5.88 Å². The summed E-state index contributed by atoms with van der Waals surface area (Å²) >= 11 is 0. The van der Waals surface area contributed by atoms with Gasteiger partial charge < -0.3 is 9.64 Å². The predicted molar refractivity (Wildman–Crippen MR) is 61.6 cm³/mol. The second-order valence-electron chi connectivity index (χ2n) is 5.00. The van der Waals surface area contributed by atoms with E-state index in [9.17, 15) is 4.79 Å². The molecule has 1 rings (SSSR count). The zero-order valence-electron chi connectivity index (χ0n) is 10.7. The maximum absolute atomic E-state index is 11.4. The van der Waals surface area contributed by atoms with E-state index in [2.05, 4.69) is 25.9 Å². The molecular formula is C11H19N3O2. The quantitative estimate of drug-likeness (QED) is 0.732. The van der Waals surface area contributed by atoms with Crippen LogP contribution >= 0.6 is 0 Å². The molecule has 0 saturated heterocycles. The molecule has 0 fully saturated rings. The summed E-state index contributed by atoms with van der Waals surface area (Å²) in [7, 11) is 5.04. The van der Waals surface area contributed by atoms with Crippen molar-refractivity contribution in [1.82, 2.24) is 14.7 Å². The number of hydrogen-bond donors (Lipinski definition) is 0. The summed E-state index contributed by atoms with van der Waals surface area (Å²) in [4.78, 5) is 12.8. The second-order valence-corrected chi connectivity index (χ2v) is 5.00. The smallest absolute Gasteiger partial charge is 0.391 e. The molecule has 0 radical (unpaired) electrons. The fraction of sp³-hybridized carbons (Fsp3) is 0.636. The average Bonchev–Trinajstić information content (AvgIpc) is 2.47. The van der Waals surface area contributed by atoms with Crippen molar-refractivity contribution in [3.8, 4) is 5.88 Å². The molecule has 0 aliphatic rings. The lowest BCUT2D eigenvalue weighted by Gasteiger charge is -2.13. The summed E-state index contributed by atoms with van der Waals surface area (Å²) in [5, 5.41) is 4.32. The van der Waals surface area contributed by atoms with Gasteiger partial charge in [-0.2, -0.15) is 5.10 Å². The fourth-order valence-electron chi connectivity index (χ4n) is 1.09.